The van der Waals surface area contributed by atoms with Gasteiger partial charge >= 0.3 is 0 Å². The first-order valence-corrected chi connectivity index (χ1v) is 41.8. The quantitative estimate of drug-likeness (QED) is 0.107. The van der Waals surface area contributed by atoms with E-state index < -0.39 is 0 Å². The molecule has 6 aliphatic rings. The maximum Gasteiger partial charge on any atom is 0.131 e. The van der Waals surface area contributed by atoms with Crippen LogP contribution in [0.4, 0.5) is 4.39 Å². The maximum atomic E-state index is 14.7. The van der Waals surface area contributed by atoms with Crippen LogP contribution < -0.4 is 0 Å². The molecule has 0 spiro atoms. The second-order valence-corrected chi connectivity index (χ2v) is 34.2. The fourth-order valence-electron chi connectivity index (χ4n) is 17.5. The van der Waals surface area contributed by atoms with E-state index >= 15 is 0 Å². The number of rotatable bonds is 12. The number of halogens is 1. The van der Waals surface area contributed by atoms with Gasteiger partial charge in [0.05, 0.1) is 0 Å². The Morgan fingerprint density at radius 1 is 0.219 bits per heavy atom. The van der Waals surface area contributed by atoms with E-state index in [9.17, 15) is 4.39 Å². The van der Waals surface area contributed by atoms with Gasteiger partial charge in [-0.2, -0.15) is 0 Å². The third kappa shape index (κ3) is 24.5. The van der Waals surface area contributed by atoms with Crippen LogP contribution in [0.2, 0.25) is 0 Å². The van der Waals surface area contributed by atoms with Crippen molar-refractivity contribution < 1.29 is 13.0 Å². The predicted octanol–water partition coefficient (Wildman–Crippen LogP) is 32.5. The highest BCUT2D eigenvalue weighted by molar-refractivity contribution is 5.72. The van der Waals surface area contributed by atoms with Gasteiger partial charge in [-0.05, 0) is 283 Å². The normalized spacial score (nSPS) is 24.7. The molecule has 0 aromatic heterocycles. The van der Waals surface area contributed by atoms with Gasteiger partial charge < -0.3 is 0 Å². The first-order chi connectivity index (χ1) is 51.0. The van der Waals surface area contributed by atoms with Crippen molar-refractivity contribution >= 4 is 0 Å². The standard InChI is InChI=1S/C26H27F.2C22H32.C20H24.C14H14.6H2/c1-18-3-7-20(8-4-18)21-11-13-22(14-12-21)24-15-16-25(26(27)17-24)23-9-5-19(2)6-10-23;2*1-17-3-7-19(8-4-17)9-10-20-11-15-22(16-12-20)21-13-5-18(2)6-14-21;1-15-3-7-17(8-4-15)19-11-13-20(14-12-19)18-9-5-16(2)6-10-18;1-11-3-7-13(8-4-11)14-9-5-12(2)6-10-14;;;;;;/h5-6,9-18,20H,3-4,7-8H2,1-2H3;2*5-6,9-10,13-14,17,19-20,22H,3-4,7-8,11-12,15-16H2,1-2H3;3-4,7-8,11-14,16,18H,5-6,9-10H2,1-2H3;3-10H,1-2H3;6*1H/b;2*10-9+;;;;;;;;. The summed E-state index contributed by atoms with van der Waals surface area (Å²) in [5, 5.41) is 0. The van der Waals surface area contributed by atoms with Gasteiger partial charge in [0.15, 0.2) is 0 Å². The number of hydrogen-bond acceptors (Lipinski definition) is 0. The summed E-state index contributed by atoms with van der Waals surface area (Å²) in [6.07, 6.45) is 43.6. The Kier molecular flexibility index (Phi) is 29.8. The molecule has 0 saturated heterocycles. The lowest BCUT2D eigenvalue weighted by atomic mass is 9.77. The topological polar surface area (TPSA) is 0 Å². The Hall–Kier alpha value is -7.61. The molecule has 0 unspecified atom stereocenters. The highest BCUT2D eigenvalue weighted by atomic mass is 19.1. The molecule has 105 heavy (non-hydrogen) atoms. The summed E-state index contributed by atoms with van der Waals surface area (Å²) in [6, 6.07) is 76.1. The van der Waals surface area contributed by atoms with Gasteiger partial charge in [-0.1, -0.05) is 343 Å². The summed E-state index contributed by atoms with van der Waals surface area (Å²) >= 11 is 0. The van der Waals surface area contributed by atoms with Crippen LogP contribution in [0.15, 0.2) is 237 Å². The van der Waals surface area contributed by atoms with Crippen molar-refractivity contribution in [2.24, 2.45) is 47.3 Å². The van der Waals surface area contributed by atoms with Gasteiger partial charge in [-0.15, -0.1) is 0 Å². The summed E-state index contributed by atoms with van der Waals surface area (Å²) in [5.74, 6) is 10.1. The number of benzene rings is 9. The van der Waals surface area contributed by atoms with Gasteiger partial charge in [0.1, 0.15) is 5.82 Å². The van der Waals surface area contributed by atoms with Crippen LogP contribution in [0, 0.1) is 94.7 Å². The highest BCUT2D eigenvalue weighted by Gasteiger charge is 2.26. The minimum atomic E-state index is -0.165. The molecule has 0 heterocycles. The van der Waals surface area contributed by atoms with Crippen LogP contribution in [0.1, 0.15) is 270 Å². The summed E-state index contributed by atoms with van der Waals surface area (Å²) in [6.45, 7) is 22.3. The second kappa shape index (κ2) is 39.8. The molecule has 6 saturated carbocycles. The molecule has 0 radical (unpaired) electrons. The lowest BCUT2D eigenvalue weighted by Gasteiger charge is -2.28. The van der Waals surface area contributed by atoms with E-state index in [4.69, 9.17) is 0 Å². The highest BCUT2D eigenvalue weighted by Crippen LogP contribution is 2.42. The molecule has 0 bridgehead atoms. The van der Waals surface area contributed by atoms with Gasteiger partial charge in [-0.3, -0.25) is 0 Å². The Bertz CT molecular complexity index is 3900. The molecule has 0 N–H and O–H groups in total. The zero-order valence-corrected chi connectivity index (χ0v) is 66.3. The maximum absolute atomic E-state index is 14.7. The van der Waals surface area contributed by atoms with E-state index in [1.807, 2.05) is 43.3 Å². The number of allylic oxidation sites excluding steroid dienone is 4. The molecule has 9 aromatic rings. The molecule has 0 aliphatic heterocycles. The first-order valence-electron chi connectivity index (χ1n) is 41.8. The summed E-state index contributed by atoms with van der Waals surface area (Å²) in [5.41, 5.74) is 22.8. The van der Waals surface area contributed by atoms with Crippen molar-refractivity contribution in [1.29, 1.82) is 0 Å². The Labute approximate surface area is 646 Å². The molecule has 1 heteroatoms. The number of hydrogen-bond donors (Lipinski definition) is 0. The van der Waals surface area contributed by atoms with E-state index in [0.717, 1.165) is 81.8 Å². The van der Waals surface area contributed by atoms with E-state index in [1.165, 1.54) is 221 Å². The lowest BCUT2D eigenvalue weighted by molar-refractivity contribution is 0.327. The van der Waals surface area contributed by atoms with Gasteiger partial charge in [0, 0.05) is 14.1 Å². The van der Waals surface area contributed by atoms with Crippen molar-refractivity contribution in [3.05, 3.63) is 298 Å². The Morgan fingerprint density at radius 3 is 0.657 bits per heavy atom. The summed E-state index contributed by atoms with van der Waals surface area (Å²) < 4.78 is 14.7. The van der Waals surface area contributed by atoms with E-state index in [1.54, 1.807) is 17.2 Å². The molecule has 0 atom stereocenters. The van der Waals surface area contributed by atoms with Gasteiger partial charge in [-0.25, -0.2) is 4.39 Å². The SMILES string of the molecule is Cc1ccc(-c2ccc(-c3ccc(C4CCC(C)CC4)cc3)cc2F)cc1.Cc1ccc(-c2ccc(C)cc2)cc1.Cc1ccc(-c2ccc(C3CCC(C)CC3)cc2)cc1.Cc1ccc(C2CCC(/C=C/C3CCC(C)CC3)CC2)cc1.Cc1ccc(C2CCC(/C=C/C3CCC(C)CC3)CC2)cc1.[HH].[HH].[HH].[HH].[HH].[HH]. The molecular weight excluding hydrogens is 1270 g/mol. The summed E-state index contributed by atoms with van der Waals surface area (Å²) in [7, 11) is 0. The van der Waals surface area contributed by atoms with E-state index in [2.05, 4.69) is 256 Å². The van der Waals surface area contributed by atoms with E-state index in [0.29, 0.717) is 11.5 Å². The van der Waals surface area contributed by atoms with Crippen molar-refractivity contribution in [1.82, 2.24) is 0 Å². The molecule has 564 valence electrons. The predicted molar refractivity (Wildman–Crippen MR) is 466 cm³/mol. The van der Waals surface area contributed by atoms with Crippen LogP contribution >= 0.6 is 0 Å². The largest absolute Gasteiger partial charge is 0.206 e. The van der Waals surface area contributed by atoms with Crippen LogP contribution in [0.5, 0.6) is 0 Å². The lowest BCUT2D eigenvalue weighted by Crippen LogP contribution is -2.13. The second-order valence-electron chi connectivity index (χ2n) is 34.2. The Morgan fingerprint density at radius 2 is 0.400 bits per heavy atom. The van der Waals surface area contributed by atoms with Crippen LogP contribution in [-0.4, -0.2) is 0 Å². The van der Waals surface area contributed by atoms with Crippen molar-refractivity contribution in [3.8, 4) is 44.5 Å². The van der Waals surface area contributed by atoms with E-state index in [-0.39, 0.29) is 14.4 Å². The van der Waals surface area contributed by atoms with Crippen molar-refractivity contribution in [2.75, 3.05) is 0 Å². The molecule has 15 rings (SSSR count). The van der Waals surface area contributed by atoms with Crippen molar-refractivity contribution in [2.45, 2.75) is 247 Å². The Balaban J connectivity index is 0.000000248. The average molecular weight is 1410 g/mol. The molecule has 0 amide bonds. The molecule has 0 nitrogen and oxygen atoms in total. The van der Waals surface area contributed by atoms with Crippen LogP contribution in [0.25, 0.3) is 44.5 Å². The third-order valence-corrected chi connectivity index (χ3v) is 25.4. The monoisotopic (exact) mass is 1410 g/mol. The molecule has 6 fully saturated rings. The smallest absolute Gasteiger partial charge is 0.131 e. The van der Waals surface area contributed by atoms with Gasteiger partial charge in [0.2, 0.25) is 0 Å². The zero-order valence-electron chi connectivity index (χ0n) is 66.3. The summed E-state index contributed by atoms with van der Waals surface area (Å²) in [4.78, 5) is 0. The zero-order chi connectivity index (χ0) is 73.4. The van der Waals surface area contributed by atoms with Gasteiger partial charge in [0.25, 0.3) is 0 Å². The third-order valence-electron chi connectivity index (χ3n) is 25.4. The first kappa shape index (κ1) is 78.5. The molecule has 6 aliphatic carbocycles. The van der Waals surface area contributed by atoms with Crippen LogP contribution in [-0.2, 0) is 0 Å². The molecular formula is C104H141F. The van der Waals surface area contributed by atoms with Crippen LogP contribution in [0.3, 0.4) is 0 Å². The minimum Gasteiger partial charge on any atom is -0.206 e. The molecule has 9 aromatic carbocycles. The minimum absolute atomic E-state index is 0. The fraction of sp³-hybridized carbons (Fsp3) is 0.442. The average Bonchev–Trinajstić information content (AvgIpc) is 0.817. The van der Waals surface area contributed by atoms with Crippen molar-refractivity contribution in [3.63, 3.8) is 0 Å². The fourth-order valence-corrected chi connectivity index (χ4v) is 17.5. The number of aryl methyl sites for hydroxylation is 6.